The van der Waals surface area contributed by atoms with E-state index in [1.165, 1.54) is 5.56 Å². The smallest absolute Gasteiger partial charge is 0.244 e. The van der Waals surface area contributed by atoms with Crippen LogP contribution in [0, 0.1) is 6.92 Å². The first-order valence-electron chi connectivity index (χ1n) is 9.90. The minimum Gasteiger partial charge on any atom is -0.340 e. The van der Waals surface area contributed by atoms with Gasteiger partial charge in [0.05, 0.1) is 12.6 Å². The monoisotopic (exact) mass is 493 g/mol. The van der Waals surface area contributed by atoms with Crippen LogP contribution in [0.4, 0.5) is 0 Å². The molecule has 31 heavy (non-hydrogen) atoms. The summed E-state index contributed by atoms with van der Waals surface area (Å²) >= 11 is 9.42. The molecule has 0 aliphatic rings. The van der Waals surface area contributed by atoms with Gasteiger partial charge in [0.15, 0.2) is 0 Å². The molecule has 4 aromatic rings. The highest BCUT2D eigenvalue weighted by atomic mass is 79.9. The van der Waals surface area contributed by atoms with E-state index in [1.54, 1.807) is 6.21 Å². The van der Waals surface area contributed by atoms with E-state index >= 15 is 0 Å². The molecule has 0 spiro atoms. The third-order valence-corrected chi connectivity index (χ3v) is 5.98. The molecule has 0 atom stereocenters. The maximum absolute atomic E-state index is 12.3. The maximum Gasteiger partial charge on any atom is 0.244 e. The number of rotatable bonds is 6. The lowest BCUT2D eigenvalue weighted by Crippen LogP contribution is -2.19. The number of carbonyl (C=O) groups is 1. The molecule has 0 unspecified atom stereocenters. The highest BCUT2D eigenvalue weighted by Crippen LogP contribution is 2.26. The summed E-state index contributed by atoms with van der Waals surface area (Å²) in [6.45, 7) is 2.80. The van der Waals surface area contributed by atoms with E-state index in [-0.39, 0.29) is 12.3 Å². The SMILES string of the molecule is Cc1c(/C=N/NC(=O)Cc2ccc(Br)cc2)c2ccccc2n1Cc1ccc(Cl)cc1. The van der Waals surface area contributed by atoms with Gasteiger partial charge in [-0.25, -0.2) is 5.43 Å². The van der Waals surface area contributed by atoms with Crippen molar-refractivity contribution in [2.45, 2.75) is 19.9 Å². The van der Waals surface area contributed by atoms with Crippen LogP contribution >= 0.6 is 27.5 Å². The number of para-hydroxylation sites is 1. The fraction of sp³-hybridized carbons (Fsp3) is 0.120. The lowest BCUT2D eigenvalue weighted by molar-refractivity contribution is -0.120. The fourth-order valence-corrected chi connectivity index (χ4v) is 3.98. The number of amides is 1. The number of fused-ring (bicyclic) bond motifs is 1. The van der Waals surface area contributed by atoms with Gasteiger partial charge in [0.25, 0.3) is 0 Å². The second-order valence-corrected chi connectivity index (χ2v) is 8.68. The minimum absolute atomic E-state index is 0.152. The van der Waals surface area contributed by atoms with Crippen LogP contribution in [0.5, 0.6) is 0 Å². The summed E-state index contributed by atoms with van der Waals surface area (Å²) < 4.78 is 3.24. The highest BCUT2D eigenvalue weighted by molar-refractivity contribution is 9.10. The van der Waals surface area contributed by atoms with Gasteiger partial charge < -0.3 is 4.57 Å². The molecule has 3 aromatic carbocycles. The zero-order valence-electron chi connectivity index (χ0n) is 17.0. The Morgan fingerprint density at radius 3 is 2.45 bits per heavy atom. The van der Waals surface area contributed by atoms with E-state index < -0.39 is 0 Å². The number of aromatic nitrogens is 1. The standard InChI is InChI=1S/C25H21BrClN3O/c1-17-23(15-28-29-25(31)14-18-6-10-20(26)11-7-18)22-4-2-3-5-24(22)30(17)16-19-8-12-21(27)13-9-19/h2-13,15H,14,16H2,1H3,(H,29,31)/b28-15+. The van der Waals surface area contributed by atoms with Crippen molar-refractivity contribution < 1.29 is 4.79 Å². The first-order chi connectivity index (χ1) is 15.0. The molecule has 0 radical (unpaired) electrons. The Balaban J connectivity index is 1.54. The Hall–Kier alpha value is -2.89. The Labute approximate surface area is 194 Å². The van der Waals surface area contributed by atoms with Gasteiger partial charge in [0.2, 0.25) is 5.91 Å². The number of benzene rings is 3. The van der Waals surface area contributed by atoms with E-state index in [9.17, 15) is 4.79 Å². The Morgan fingerprint density at radius 2 is 1.71 bits per heavy atom. The Bertz CT molecular complexity index is 1240. The number of hydrogen-bond acceptors (Lipinski definition) is 2. The van der Waals surface area contributed by atoms with Crippen molar-refractivity contribution >= 4 is 50.6 Å². The van der Waals surface area contributed by atoms with E-state index in [2.05, 4.69) is 50.1 Å². The van der Waals surface area contributed by atoms with Crippen LogP contribution in [0.1, 0.15) is 22.4 Å². The van der Waals surface area contributed by atoms with Crippen LogP contribution < -0.4 is 5.43 Å². The molecule has 1 N–H and O–H groups in total. The van der Waals surface area contributed by atoms with Crippen LogP contribution in [0.2, 0.25) is 5.02 Å². The van der Waals surface area contributed by atoms with Gasteiger partial charge in [-0.1, -0.05) is 70.0 Å². The second kappa shape index (κ2) is 9.50. The normalized spacial score (nSPS) is 11.3. The van der Waals surface area contributed by atoms with Crippen molar-refractivity contribution in [2.24, 2.45) is 5.10 Å². The van der Waals surface area contributed by atoms with Gasteiger partial charge >= 0.3 is 0 Å². The summed E-state index contributed by atoms with van der Waals surface area (Å²) in [6, 6.07) is 23.8. The average Bonchev–Trinajstić information content (AvgIpc) is 3.03. The van der Waals surface area contributed by atoms with Gasteiger partial charge in [-0.05, 0) is 48.4 Å². The number of hydrogen-bond donors (Lipinski definition) is 1. The van der Waals surface area contributed by atoms with Crippen LogP contribution in [0.15, 0.2) is 82.4 Å². The number of hydrazone groups is 1. The second-order valence-electron chi connectivity index (χ2n) is 7.33. The lowest BCUT2D eigenvalue weighted by atomic mass is 10.1. The van der Waals surface area contributed by atoms with Crippen LogP contribution in [0.25, 0.3) is 10.9 Å². The largest absolute Gasteiger partial charge is 0.340 e. The molecule has 6 heteroatoms. The van der Waals surface area contributed by atoms with Crippen LogP contribution in [0.3, 0.4) is 0 Å². The van der Waals surface area contributed by atoms with Crippen molar-refractivity contribution in [3.8, 4) is 0 Å². The van der Waals surface area contributed by atoms with Gasteiger partial charge in [-0.15, -0.1) is 0 Å². The van der Waals surface area contributed by atoms with E-state index in [0.29, 0.717) is 0 Å². The third-order valence-electron chi connectivity index (χ3n) is 5.19. The molecule has 4 nitrogen and oxygen atoms in total. The predicted molar refractivity (Wildman–Crippen MR) is 131 cm³/mol. The number of halogens is 2. The molecule has 4 rings (SSSR count). The summed E-state index contributed by atoms with van der Waals surface area (Å²) in [5.41, 5.74) is 7.95. The summed E-state index contributed by atoms with van der Waals surface area (Å²) in [6.07, 6.45) is 2.01. The molecular weight excluding hydrogens is 474 g/mol. The molecule has 0 bridgehead atoms. The molecule has 1 heterocycles. The van der Waals surface area contributed by atoms with Crippen molar-refractivity contribution in [3.63, 3.8) is 0 Å². The Morgan fingerprint density at radius 1 is 1.03 bits per heavy atom. The van der Waals surface area contributed by atoms with Gasteiger partial charge in [0.1, 0.15) is 0 Å². The number of carbonyl (C=O) groups excluding carboxylic acids is 1. The van der Waals surface area contributed by atoms with Gasteiger partial charge in [-0.2, -0.15) is 5.10 Å². The molecule has 0 saturated carbocycles. The predicted octanol–water partition coefficient (Wildman–Crippen LogP) is 6.11. The fourth-order valence-electron chi connectivity index (χ4n) is 3.59. The lowest BCUT2D eigenvalue weighted by Gasteiger charge is -2.09. The number of nitrogens with zero attached hydrogens (tertiary/aromatic N) is 2. The quantitative estimate of drug-likeness (QED) is 0.255. The third kappa shape index (κ3) is 5.06. The van der Waals surface area contributed by atoms with Crippen molar-refractivity contribution in [1.29, 1.82) is 0 Å². The first-order valence-corrected chi connectivity index (χ1v) is 11.1. The molecule has 156 valence electrons. The molecule has 0 aliphatic carbocycles. The van der Waals surface area contributed by atoms with Gasteiger partial charge in [0, 0.05) is 38.2 Å². The summed E-state index contributed by atoms with van der Waals surface area (Å²) in [5.74, 6) is -0.152. The minimum atomic E-state index is -0.152. The van der Waals surface area contributed by atoms with Crippen molar-refractivity contribution in [1.82, 2.24) is 9.99 Å². The molecule has 0 aliphatic heterocycles. The van der Waals surface area contributed by atoms with E-state index in [1.807, 2.05) is 60.7 Å². The average molecular weight is 495 g/mol. The molecule has 0 saturated heterocycles. The number of nitrogens with one attached hydrogen (secondary N) is 1. The topological polar surface area (TPSA) is 46.4 Å². The summed E-state index contributed by atoms with van der Waals surface area (Å²) in [4.78, 5) is 12.3. The zero-order chi connectivity index (χ0) is 21.8. The molecular formula is C25H21BrClN3O. The van der Waals surface area contributed by atoms with E-state index in [0.717, 1.165) is 43.8 Å². The van der Waals surface area contributed by atoms with Crippen LogP contribution in [-0.4, -0.2) is 16.7 Å². The van der Waals surface area contributed by atoms with E-state index in [4.69, 9.17) is 11.6 Å². The summed E-state index contributed by atoms with van der Waals surface area (Å²) in [7, 11) is 0. The van der Waals surface area contributed by atoms with Crippen molar-refractivity contribution in [2.75, 3.05) is 0 Å². The molecule has 1 aromatic heterocycles. The van der Waals surface area contributed by atoms with Gasteiger partial charge in [-0.3, -0.25) is 4.79 Å². The highest BCUT2D eigenvalue weighted by Gasteiger charge is 2.13. The molecule has 1 amide bonds. The van der Waals surface area contributed by atoms with Crippen molar-refractivity contribution in [3.05, 3.63) is 105 Å². The first kappa shape index (κ1) is 21.3. The van der Waals surface area contributed by atoms with Crippen LogP contribution in [-0.2, 0) is 17.8 Å². The zero-order valence-corrected chi connectivity index (χ0v) is 19.3. The maximum atomic E-state index is 12.3. The Kier molecular flexibility index (Phi) is 6.54. The summed E-state index contributed by atoms with van der Waals surface area (Å²) in [5, 5.41) is 6.06. The molecule has 0 fully saturated rings.